The van der Waals surface area contributed by atoms with Gasteiger partial charge in [0.25, 0.3) is 0 Å². The zero-order valence-corrected chi connectivity index (χ0v) is 25.1. The molecule has 0 atom stereocenters. The number of aliphatic hydroxyl groups is 1. The van der Waals surface area contributed by atoms with Gasteiger partial charge in [-0.15, -0.1) is 0 Å². The van der Waals surface area contributed by atoms with Crippen LogP contribution in [0.15, 0.2) is 0 Å². The van der Waals surface area contributed by atoms with Crippen LogP contribution in [0.4, 0.5) is 0 Å². The van der Waals surface area contributed by atoms with Gasteiger partial charge >= 0.3 is 0 Å². The van der Waals surface area contributed by atoms with Gasteiger partial charge < -0.3 is 5.11 Å². The van der Waals surface area contributed by atoms with E-state index in [9.17, 15) is 0 Å². The van der Waals surface area contributed by atoms with Crippen LogP contribution in [0.25, 0.3) is 0 Å². The molecule has 0 heterocycles. The molecule has 0 amide bonds. The summed E-state index contributed by atoms with van der Waals surface area (Å²) >= 11 is 4.28. The summed E-state index contributed by atoms with van der Waals surface area (Å²) in [6, 6.07) is 0. The molecule has 0 unspecified atom stereocenters. The van der Waals surface area contributed by atoms with E-state index in [0.29, 0.717) is 6.61 Å². The van der Waals surface area contributed by atoms with Gasteiger partial charge in [-0.2, -0.15) is 12.6 Å². The molecule has 1 N–H and O–H groups in total. The molecule has 0 bridgehead atoms. The van der Waals surface area contributed by atoms with Gasteiger partial charge in [0.2, 0.25) is 0 Å². The van der Waals surface area contributed by atoms with Crippen LogP contribution in [0.5, 0.6) is 0 Å². The highest BCUT2D eigenvalue weighted by Gasteiger charge is 1.97. The van der Waals surface area contributed by atoms with Gasteiger partial charge in [0.15, 0.2) is 0 Å². The van der Waals surface area contributed by atoms with Crippen molar-refractivity contribution in [3.05, 3.63) is 0 Å². The summed E-state index contributed by atoms with van der Waals surface area (Å²) < 4.78 is 0. The summed E-state index contributed by atoms with van der Waals surface area (Å²) in [5.74, 6) is 1.07. The first-order valence-electron chi connectivity index (χ1n) is 16.6. The van der Waals surface area contributed by atoms with E-state index in [-0.39, 0.29) is 0 Å². The highest BCUT2D eigenvalue weighted by Crippen LogP contribution is 2.16. The van der Waals surface area contributed by atoms with Crippen molar-refractivity contribution in [2.75, 3.05) is 12.4 Å². The van der Waals surface area contributed by atoms with Crippen molar-refractivity contribution in [3.8, 4) is 0 Å². The number of hydrogen-bond donors (Lipinski definition) is 2. The third-order valence-corrected chi connectivity index (χ3v) is 8.13. The van der Waals surface area contributed by atoms with E-state index in [1.165, 1.54) is 193 Å². The molecule has 0 radical (unpaired) electrons. The fourth-order valence-corrected chi connectivity index (χ4v) is 5.57. The summed E-state index contributed by atoms with van der Waals surface area (Å²) in [5.41, 5.74) is 0. The second-order valence-electron chi connectivity index (χ2n) is 11.4. The first-order valence-corrected chi connectivity index (χ1v) is 17.3. The Labute approximate surface area is 228 Å². The minimum atomic E-state index is 0.374. The van der Waals surface area contributed by atoms with Gasteiger partial charge in [0.05, 0.1) is 0 Å². The molecule has 0 fully saturated rings. The molecule has 0 aliphatic rings. The lowest BCUT2D eigenvalue weighted by molar-refractivity contribution is 0.282. The van der Waals surface area contributed by atoms with Crippen molar-refractivity contribution in [3.63, 3.8) is 0 Å². The minimum absolute atomic E-state index is 0.374. The van der Waals surface area contributed by atoms with Crippen LogP contribution >= 0.6 is 12.6 Å². The molecule has 0 aliphatic carbocycles. The molecule has 0 spiro atoms. The predicted octanol–water partition coefficient (Wildman–Crippen LogP) is 12.0. The Morgan fingerprint density at radius 3 is 0.514 bits per heavy atom. The van der Waals surface area contributed by atoms with Gasteiger partial charge in [0, 0.05) is 6.61 Å². The quantitative estimate of drug-likeness (QED) is 0.0678. The zero-order chi connectivity index (χ0) is 25.3. The van der Waals surface area contributed by atoms with E-state index in [1.807, 2.05) is 0 Å². The number of unbranched alkanes of at least 4 members (excludes halogenated alkanes) is 30. The van der Waals surface area contributed by atoms with Crippen LogP contribution in [-0.2, 0) is 0 Å². The standard InChI is InChI=1S/C33H68OS/c34-32-30-28-26-24-22-20-18-16-14-12-10-8-6-4-2-1-3-5-7-9-11-13-15-17-19-21-23-25-27-29-31-33-35/h34-35H,1-33H2. The minimum Gasteiger partial charge on any atom is -0.396 e. The fraction of sp³-hybridized carbons (Fsp3) is 1.00. The Hall–Kier alpha value is 0.310. The van der Waals surface area contributed by atoms with Gasteiger partial charge in [-0.25, -0.2) is 0 Å². The lowest BCUT2D eigenvalue weighted by Gasteiger charge is -2.04. The zero-order valence-electron chi connectivity index (χ0n) is 24.2. The number of hydrogen-bond acceptors (Lipinski definition) is 2. The average Bonchev–Trinajstić information content (AvgIpc) is 2.87. The molecule has 1 nitrogen and oxygen atoms in total. The van der Waals surface area contributed by atoms with Crippen LogP contribution in [0.3, 0.4) is 0 Å². The molecule has 0 aromatic rings. The molecule has 212 valence electrons. The lowest BCUT2D eigenvalue weighted by Crippen LogP contribution is -1.85. The van der Waals surface area contributed by atoms with Gasteiger partial charge in [-0.05, 0) is 18.6 Å². The number of rotatable bonds is 32. The summed E-state index contributed by atoms with van der Waals surface area (Å²) in [6.45, 7) is 0.374. The topological polar surface area (TPSA) is 20.2 Å². The molecule has 0 aliphatic heterocycles. The maximum atomic E-state index is 8.77. The Bertz CT molecular complexity index is 314. The van der Waals surface area contributed by atoms with Crippen LogP contribution in [-0.4, -0.2) is 17.5 Å². The summed E-state index contributed by atoms with van der Waals surface area (Å²) in [5, 5.41) is 8.77. The molecular weight excluding hydrogens is 444 g/mol. The Morgan fingerprint density at radius 1 is 0.229 bits per heavy atom. The number of aliphatic hydroxyl groups excluding tert-OH is 1. The molecule has 0 aromatic carbocycles. The van der Waals surface area contributed by atoms with Gasteiger partial charge in [-0.1, -0.05) is 186 Å². The van der Waals surface area contributed by atoms with Gasteiger partial charge in [-0.3, -0.25) is 0 Å². The monoisotopic (exact) mass is 512 g/mol. The molecule has 0 saturated heterocycles. The second kappa shape index (κ2) is 34.3. The first kappa shape index (κ1) is 35.3. The van der Waals surface area contributed by atoms with E-state index in [1.54, 1.807) is 0 Å². The number of thiol groups is 1. The van der Waals surface area contributed by atoms with Crippen LogP contribution in [0, 0.1) is 0 Å². The van der Waals surface area contributed by atoms with E-state index >= 15 is 0 Å². The third kappa shape index (κ3) is 34.3. The lowest BCUT2D eigenvalue weighted by atomic mass is 10.0. The van der Waals surface area contributed by atoms with Crippen molar-refractivity contribution >= 4 is 12.6 Å². The Kier molecular flexibility index (Phi) is 34.6. The van der Waals surface area contributed by atoms with E-state index in [0.717, 1.165) is 12.2 Å². The summed E-state index contributed by atoms with van der Waals surface area (Å²) in [7, 11) is 0. The van der Waals surface area contributed by atoms with E-state index in [2.05, 4.69) is 12.6 Å². The largest absolute Gasteiger partial charge is 0.396 e. The van der Waals surface area contributed by atoms with Crippen LogP contribution in [0.2, 0.25) is 0 Å². The average molecular weight is 513 g/mol. The SMILES string of the molecule is OCCCCCCCCCCCCCCCCCCCCCCCCCCCCCCCCCS. The third-order valence-electron chi connectivity index (χ3n) is 7.82. The van der Waals surface area contributed by atoms with Crippen molar-refractivity contribution in [1.82, 2.24) is 0 Å². The fourth-order valence-electron chi connectivity index (χ4n) is 5.35. The highest BCUT2D eigenvalue weighted by atomic mass is 32.1. The molecule has 0 saturated carbocycles. The van der Waals surface area contributed by atoms with Crippen molar-refractivity contribution in [2.45, 2.75) is 199 Å². The van der Waals surface area contributed by atoms with Crippen LogP contribution in [0.1, 0.15) is 199 Å². The first-order chi connectivity index (χ1) is 17.4. The summed E-state index contributed by atoms with van der Waals surface area (Å²) in [6.07, 6.45) is 44.2. The van der Waals surface area contributed by atoms with E-state index in [4.69, 9.17) is 5.11 Å². The Morgan fingerprint density at radius 2 is 0.371 bits per heavy atom. The molecular formula is C33H68OS. The molecule has 0 rings (SSSR count). The van der Waals surface area contributed by atoms with E-state index < -0.39 is 0 Å². The second-order valence-corrected chi connectivity index (χ2v) is 11.9. The predicted molar refractivity (Wildman–Crippen MR) is 164 cm³/mol. The molecule has 35 heavy (non-hydrogen) atoms. The molecule has 0 aromatic heterocycles. The molecule has 2 heteroatoms. The van der Waals surface area contributed by atoms with Gasteiger partial charge in [0.1, 0.15) is 0 Å². The maximum absolute atomic E-state index is 8.77. The summed E-state index contributed by atoms with van der Waals surface area (Å²) in [4.78, 5) is 0. The smallest absolute Gasteiger partial charge is 0.0431 e. The highest BCUT2D eigenvalue weighted by molar-refractivity contribution is 7.80. The van der Waals surface area contributed by atoms with Crippen molar-refractivity contribution < 1.29 is 5.11 Å². The Balaban J connectivity index is 3.00. The maximum Gasteiger partial charge on any atom is 0.0431 e. The van der Waals surface area contributed by atoms with Crippen molar-refractivity contribution in [2.24, 2.45) is 0 Å². The van der Waals surface area contributed by atoms with Crippen molar-refractivity contribution in [1.29, 1.82) is 0 Å². The van der Waals surface area contributed by atoms with Crippen LogP contribution < -0.4 is 0 Å². The normalized spacial score (nSPS) is 11.5.